The number of amides is 1. The van der Waals surface area contributed by atoms with E-state index in [9.17, 15) is 9.18 Å². The first kappa shape index (κ1) is 16.6. The zero-order valence-electron chi connectivity index (χ0n) is 13.7. The van der Waals surface area contributed by atoms with Crippen molar-refractivity contribution in [3.05, 3.63) is 54.0 Å². The van der Waals surface area contributed by atoms with Gasteiger partial charge < -0.3 is 9.64 Å². The fourth-order valence-corrected chi connectivity index (χ4v) is 3.12. The number of carbonyl (C=O) groups is 1. The summed E-state index contributed by atoms with van der Waals surface area (Å²) in [5.74, 6) is -0.00803. The third-order valence-electron chi connectivity index (χ3n) is 4.37. The third-order valence-corrected chi connectivity index (χ3v) is 4.37. The number of hydrogen-bond donors (Lipinski definition) is 0. The molecule has 0 aliphatic carbocycles. The van der Waals surface area contributed by atoms with Crippen LogP contribution in [0, 0.1) is 5.82 Å². The van der Waals surface area contributed by atoms with Gasteiger partial charge in [0.25, 0.3) is 0 Å². The molecule has 0 N–H and O–H groups in total. The molecule has 3 rings (SSSR count). The number of rotatable bonds is 4. The first-order valence-corrected chi connectivity index (χ1v) is 8.17. The molecule has 1 aromatic heterocycles. The van der Waals surface area contributed by atoms with Crippen molar-refractivity contribution in [1.29, 1.82) is 0 Å². The molecule has 0 bridgehead atoms. The van der Waals surface area contributed by atoms with E-state index in [4.69, 9.17) is 9.72 Å². The lowest BCUT2D eigenvalue weighted by molar-refractivity contribution is -0.136. The molecule has 1 atom stereocenters. The largest absolute Gasteiger partial charge is 0.375 e. The number of benzene rings is 1. The van der Waals surface area contributed by atoms with Gasteiger partial charge in [-0.15, -0.1) is 0 Å². The Morgan fingerprint density at radius 1 is 1.29 bits per heavy atom. The van der Waals surface area contributed by atoms with E-state index in [2.05, 4.69) is 0 Å². The Labute approximate surface area is 141 Å². The number of methoxy groups -OCH3 is 1. The maximum atomic E-state index is 13.1. The molecule has 0 saturated carbocycles. The van der Waals surface area contributed by atoms with Crippen molar-refractivity contribution in [2.45, 2.75) is 18.8 Å². The van der Waals surface area contributed by atoms with Gasteiger partial charge in [-0.3, -0.25) is 9.78 Å². The molecular weight excluding hydrogens is 307 g/mol. The minimum Gasteiger partial charge on any atom is -0.375 e. The molecule has 0 unspecified atom stereocenters. The number of piperidine rings is 1. The number of nitrogens with zero attached hydrogens (tertiary/aromatic N) is 2. The monoisotopic (exact) mass is 328 g/mol. The average molecular weight is 328 g/mol. The van der Waals surface area contributed by atoms with Gasteiger partial charge in [0.2, 0.25) is 5.91 Å². The Balaban J connectivity index is 1.78. The topological polar surface area (TPSA) is 42.4 Å². The van der Waals surface area contributed by atoms with Crippen LogP contribution in [0.1, 0.15) is 24.5 Å². The van der Waals surface area contributed by atoms with E-state index in [0.29, 0.717) is 6.54 Å². The lowest BCUT2D eigenvalue weighted by atomic mass is 9.93. The molecule has 1 amide bonds. The normalized spacial score (nSPS) is 17.8. The van der Waals surface area contributed by atoms with Crippen molar-refractivity contribution in [3.8, 4) is 11.3 Å². The highest BCUT2D eigenvalue weighted by Crippen LogP contribution is 2.27. The van der Waals surface area contributed by atoms with Crippen LogP contribution in [0.15, 0.2) is 42.5 Å². The van der Waals surface area contributed by atoms with Crippen LogP contribution in [-0.2, 0) is 9.53 Å². The Hall–Kier alpha value is -2.27. The number of likely N-dealkylation sites (tertiary alicyclic amines) is 1. The Kier molecular flexibility index (Phi) is 5.20. The van der Waals surface area contributed by atoms with Gasteiger partial charge in [-0.25, -0.2) is 4.39 Å². The summed E-state index contributed by atoms with van der Waals surface area (Å²) < 4.78 is 18.0. The summed E-state index contributed by atoms with van der Waals surface area (Å²) in [6.07, 6.45) is 1.97. The number of pyridine rings is 1. The summed E-state index contributed by atoms with van der Waals surface area (Å²) in [5, 5.41) is 0. The number of carbonyl (C=O) groups excluding carboxylic acids is 1. The molecule has 2 heterocycles. The van der Waals surface area contributed by atoms with Crippen molar-refractivity contribution in [3.63, 3.8) is 0 Å². The minimum atomic E-state index is -0.255. The van der Waals surface area contributed by atoms with Gasteiger partial charge in [0.1, 0.15) is 12.4 Å². The maximum absolute atomic E-state index is 13.1. The van der Waals surface area contributed by atoms with Gasteiger partial charge in [0.15, 0.2) is 0 Å². The van der Waals surface area contributed by atoms with Crippen LogP contribution in [0.5, 0.6) is 0 Å². The number of halogens is 1. The van der Waals surface area contributed by atoms with Gasteiger partial charge in [0, 0.05) is 37.4 Å². The lowest BCUT2D eigenvalue weighted by Crippen LogP contribution is -2.41. The van der Waals surface area contributed by atoms with E-state index in [1.165, 1.54) is 19.2 Å². The van der Waals surface area contributed by atoms with Crippen LogP contribution in [0.2, 0.25) is 0 Å². The molecule has 1 fully saturated rings. The fourth-order valence-electron chi connectivity index (χ4n) is 3.12. The van der Waals surface area contributed by atoms with Crippen molar-refractivity contribution >= 4 is 5.91 Å². The molecule has 0 spiro atoms. The second kappa shape index (κ2) is 7.53. The first-order chi connectivity index (χ1) is 11.7. The van der Waals surface area contributed by atoms with Gasteiger partial charge in [-0.05, 0) is 49.2 Å². The van der Waals surface area contributed by atoms with E-state index in [1.807, 2.05) is 23.1 Å². The molecule has 1 aliphatic rings. The third kappa shape index (κ3) is 3.79. The first-order valence-electron chi connectivity index (χ1n) is 8.17. The van der Waals surface area contributed by atoms with Gasteiger partial charge in [0.05, 0.1) is 5.69 Å². The quantitative estimate of drug-likeness (QED) is 0.865. The highest BCUT2D eigenvalue weighted by Gasteiger charge is 2.25. The van der Waals surface area contributed by atoms with Crippen molar-refractivity contribution < 1.29 is 13.9 Å². The zero-order chi connectivity index (χ0) is 16.9. The van der Waals surface area contributed by atoms with Gasteiger partial charge in [-0.2, -0.15) is 0 Å². The molecule has 1 saturated heterocycles. The molecule has 2 aromatic rings. The zero-order valence-corrected chi connectivity index (χ0v) is 13.7. The summed E-state index contributed by atoms with van der Waals surface area (Å²) in [6.45, 7) is 1.56. The second-order valence-electron chi connectivity index (χ2n) is 6.07. The predicted molar refractivity (Wildman–Crippen MR) is 90.1 cm³/mol. The number of ether oxygens (including phenoxy) is 1. The van der Waals surface area contributed by atoms with Crippen LogP contribution in [-0.4, -0.2) is 42.6 Å². The Morgan fingerprint density at radius 3 is 2.83 bits per heavy atom. The summed E-state index contributed by atoms with van der Waals surface area (Å²) in [7, 11) is 1.53. The standard InChI is InChI=1S/C19H21FN2O2/c1-24-13-19(23)22-11-3-4-15(12-22)18-6-2-5-17(21-18)14-7-9-16(20)10-8-14/h2,5-10,15H,3-4,11-13H2,1H3/t15-/m0/s1. The van der Waals surface area contributed by atoms with Crippen LogP contribution in [0.3, 0.4) is 0 Å². The van der Waals surface area contributed by atoms with E-state index in [1.54, 1.807) is 12.1 Å². The van der Waals surface area contributed by atoms with Crippen molar-refractivity contribution in [2.75, 3.05) is 26.8 Å². The van der Waals surface area contributed by atoms with E-state index in [0.717, 1.165) is 36.3 Å². The maximum Gasteiger partial charge on any atom is 0.248 e. The highest BCUT2D eigenvalue weighted by atomic mass is 19.1. The summed E-state index contributed by atoms with van der Waals surface area (Å²) in [5.41, 5.74) is 2.70. The minimum absolute atomic E-state index is 0.0249. The van der Waals surface area contributed by atoms with Crippen LogP contribution >= 0.6 is 0 Å². The summed E-state index contributed by atoms with van der Waals surface area (Å²) >= 11 is 0. The Morgan fingerprint density at radius 2 is 2.08 bits per heavy atom. The molecule has 126 valence electrons. The molecule has 1 aromatic carbocycles. The van der Waals surface area contributed by atoms with E-state index < -0.39 is 0 Å². The smallest absolute Gasteiger partial charge is 0.248 e. The van der Waals surface area contributed by atoms with Gasteiger partial charge >= 0.3 is 0 Å². The average Bonchev–Trinajstić information content (AvgIpc) is 2.63. The van der Waals surface area contributed by atoms with Crippen LogP contribution < -0.4 is 0 Å². The summed E-state index contributed by atoms with van der Waals surface area (Å²) in [4.78, 5) is 18.6. The SMILES string of the molecule is COCC(=O)N1CCC[C@H](c2cccc(-c3ccc(F)cc3)n2)C1. The highest BCUT2D eigenvalue weighted by molar-refractivity contribution is 5.77. The number of aromatic nitrogens is 1. The predicted octanol–water partition coefficient (Wildman–Crippen LogP) is 3.24. The van der Waals surface area contributed by atoms with Crippen LogP contribution in [0.4, 0.5) is 4.39 Å². The molecule has 24 heavy (non-hydrogen) atoms. The van der Waals surface area contributed by atoms with E-state index >= 15 is 0 Å². The second-order valence-corrected chi connectivity index (χ2v) is 6.07. The fraction of sp³-hybridized carbons (Fsp3) is 0.368. The molecular formula is C19H21FN2O2. The molecule has 5 heteroatoms. The molecule has 0 radical (unpaired) electrons. The van der Waals surface area contributed by atoms with Crippen LogP contribution in [0.25, 0.3) is 11.3 Å². The lowest BCUT2D eigenvalue weighted by Gasteiger charge is -2.32. The van der Waals surface area contributed by atoms with Crippen molar-refractivity contribution in [1.82, 2.24) is 9.88 Å². The number of hydrogen-bond acceptors (Lipinski definition) is 3. The van der Waals surface area contributed by atoms with Gasteiger partial charge in [-0.1, -0.05) is 6.07 Å². The summed E-state index contributed by atoms with van der Waals surface area (Å²) in [6, 6.07) is 12.2. The molecule has 1 aliphatic heterocycles. The molecule has 4 nitrogen and oxygen atoms in total. The van der Waals surface area contributed by atoms with E-state index in [-0.39, 0.29) is 24.2 Å². The Bertz CT molecular complexity index is 703. The van der Waals surface area contributed by atoms with Crippen molar-refractivity contribution in [2.24, 2.45) is 0 Å².